The molecule has 6 N–H and O–H groups in total. The predicted molar refractivity (Wildman–Crippen MR) is 155 cm³/mol. The Bertz CT molecular complexity index is 1810. The maximum Gasteiger partial charge on any atom is 0.433 e. The standard InChI is InChI=1S/C27H26ClF3N10O5/c28-16-7-13(37-23-24-35-10-17(41(24)4-3-34-23)15-8-36-38-21(15)27(29,30)31)1-2-14(16)25(44)39-5-6-40(18-9-33-11-19(18)42)20(12-39)46-26(45)22(32)43/h1-4,7-8,10,18-20,33,42H,5-6,9,11-12H2,(H2,32,43)(H,34,37)(H,36,38)/t18-,19-,20?/m0/s1. The van der Waals surface area contributed by atoms with E-state index >= 15 is 0 Å². The van der Waals surface area contributed by atoms with Gasteiger partial charge in [0.2, 0.25) is 0 Å². The number of ether oxygens (including phenoxy) is 1. The number of rotatable bonds is 6. The molecule has 2 aliphatic rings. The van der Waals surface area contributed by atoms with E-state index in [0.29, 0.717) is 18.8 Å². The fourth-order valence-electron chi connectivity index (χ4n) is 5.58. The third-order valence-electron chi connectivity index (χ3n) is 7.77. The number of β-amino-alcohol motifs (C(OH)–C–C–N with tert-alkyl or cyclic N) is 1. The summed E-state index contributed by atoms with van der Waals surface area (Å²) in [5.41, 5.74) is 4.78. The number of H-pyrrole nitrogens is 1. The number of carbonyl (C=O) groups excluding carboxylic acids is 3. The van der Waals surface area contributed by atoms with Gasteiger partial charge in [-0.2, -0.15) is 18.3 Å². The predicted octanol–water partition coefficient (Wildman–Crippen LogP) is 0.980. The number of nitrogens with two attached hydrogens (primary N) is 1. The van der Waals surface area contributed by atoms with Gasteiger partial charge in [0.25, 0.3) is 5.91 Å². The Morgan fingerprint density at radius 3 is 2.65 bits per heavy atom. The lowest BCUT2D eigenvalue weighted by molar-refractivity contribution is -0.173. The second kappa shape index (κ2) is 12.2. The van der Waals surface area contributed by atoms with Gasteiger partial charge >= 0.3 is 18.1 Å². The number of aliphatic hydroxyl groups is 1. The number of imidazole rings is 1. The summed E-state index contributed by atoms with van der Waals surface area (Å²) >= 11 is 6.53. The van der Waals surface area contributed by atoms with Crippen molar-refractivity contribution in [3.05, 3.63) is 59.3 Å². The molecule has 0 aliphatic carbocycles. The van der Waals surface area contributed by atoms with Crippen molar-refractivity contribution in [1.29, 1.82) is 0 Å². The summed E-state index contributed by atoms with van der Waals surface area (Å²) in [7, 11) is 0. The zero-order valence-electron chi connectivity index (χ0n) is 23.7. The zero-order valence-corrected chi connectivity index (χ0v) is 24.4. The highest BCUT2D eigenvalue weighted by Gasteiger charge is 2.41. The summed E-state index contributed by atoms with van der Waals surface area (Å²) in [5.74, 6) is -2.82. The van der Waals surface area contributed by atoms with Crippen LogP contribution in [0.4, 0.5) is 24.7 Å². The van der Waals surface area contributed by atoms with Crippen molar-refractivity contribution < 1.29 is 37.4 Å². The first-order valence-electron chi connectivity index (χ1n) is 13.9. The second-order valence-electron chi connectivity index (χ2n) is 10.6. The number of benzene rings is 1. The SMILES string of the molecule is NC(=O)C(=O)OC1CN(C(=O)c2ccc(Nc3nccn4c(-c5cn[nH]c5C(F)(F)F)cnc34)cc2Cl)CCN1[C@H]1CNC[C@@H]1O. The minimum absolute atomic E-state index is 0.0720. The first-order chi connectivity index (χ1) is 21.9. The molecule has 19 heteroatoms. The molecule has 0 bridgehead atoms. The van der Waals surface area contributed by atoms with Crippen molar-refractivity contribution in [2.24, 2.45) is 5.73 Å². The first kappa shape index (κ1) is 31.2. The number of aliphatic hydroxyl groups excluding tert-OH is 1. The number of carbonyl (C=O) groups is 3. The number of hydrogen-bond acceptors (Lipinski definition) is 11. The van der Waals surface area contributed by atoms with Crippen molar-refractivity contribution in [3.63, 3.8) is 0 Å². The van der Waals surface area contributed by atoms with Crippen LogP contribution in [-0.4, -0.2) is 108 Å². The van der Waals surface area contributed by atoms with Gasteiger partial charge in [-0.05, 0) is 18.2 Å². The Balaban J connectivity index is 1.20. The van der Waals surface area contributed by atoms with Crippen molar-refractivity contribution in [1.82, 2.24) is 39.7 Å². The summed E-state index contributed by atoms with van der Waals surface area (Å²) in [6, 6.07) is 4.11. The summed E-state index contributed by atoms with van der Waals surface area (Å²) in [6.07, 6.45) is -1.26. The Labute approximate surface area is 262 Å². The number of alkyl halides is 3. The smallest absolute Gasteiger partial charge is 0.433 e. The summed E-state index contributed by atoms with van der Waals surface area (Å²) in [5, 5.41) is 22.0. The third-order valence-corrected chi connectivity index (χ3v) is 8.08. The molecule has 4 aromatic rings. The summed E-state index contributed by atoms with van der Waals surface area (Å²) in [6.45, 7) is 1.09. The third kappa shape index (κ3) is 5.94. The van der Waals surface area contributed by atoms with Crippen LogP contribution in [0.5, 0.6) is 0 Å². The molecule has 46 heavy (non-hydrogen) atoms. The van der Waals surface area contributed by atoms with Gasteiger partial charge in [0.15, 0.2) is 17.7 Å². The minimum Gasteiger partial charge on any atom is -0.437 e. The topological polar surface area (TPSA) is 196 Å². The monoisotopic (exact) mass is 662 g/mol. The van der Waals surface area contributed by atoms with Crippen LogP contribution in [0, 0.1) is 0 Å². The number of fused-ring (bicyclic) bond motifs is 1. The van der Waals surface area contributed by atoms with E-state index in [1.807, 2.05) is 5.10 Å². The number of aromatic amines is 1. The lowest BCUT2D eigenvalue weighted by Crippen LogP contribution is -2.61. The molecule has 1 aromatic carbocycles. The largest absolute Gasteiger partial charge is 0.437 e. The molecule has 2 amide bonds. The number of amides is 2. The molecule has 3 atom stereocenters. The van der Waals surface area contributed by atoms with E-state index in [-0.39, 0.29) is 52.9 Å². The van der Waals surface area contributed by atoms with Crippen LogP contribution in [0.1, 0.15) is 16.1 Å². The number of halogens is 4. The molecular weight excluding hydrogens is 637 g/mol. The Morgan fingerprint density at radius 2 is 1.96 bits per heavy atom. The molecule has 1 unspecified atom stereocenters. The van der Waals surface area contributed by atoms with Gasteiger partial charge in [0.05, 0.1) is 52.9 Å². The molecule has 2 saturated heterocycles. The van der Waals surface area contributed by atoms with Crippen molar-refractivity contribution in [2.45, 2.75) is 24.6 Å². The van der Waals surface area contributed by atoms with Crippen LogP contribution >= 0.6 is 11.6 Å². The number of nitrogens with zero attached hydrogens (tertiary/aromatic N) is 6. The molecule has 2 aliphatic heterocycles. The normalized spacial score (nSPS) is 20.6. The second-order valence-corrected chi connectivity index (χ2v) is 11.0. The zero-order chi connectivity index (χ0) is 32.7. The van der Waals surface area contributed by atoms with Crippen molar-refractivity contribution >= 4 is 46.5 Å². The van der Waals surface area contributed by atoms with Crippen LogP contribution in [0.2, 0.25) is 5.02 Å². The van der Waals surface area contributed by atoms with Crippen molar-refractivity contribution in [3.8, 4) is 11.3 Å². The molecular formula is C27H26ClF3N10O5. The van der Waals surface area contributed by atoms with Gasteiger partial charge in [-0.1, -0.05) is 11.6 Å². The summed E-state index contributed by atoms with van der Waals surface area (Å²) in [4.78, 5) is 48.6. The molecule has 0 saturated carbocycles. The van der Waals surface area contributed by atoms with Gasteiger partial charge in [-0.25, -0.2) is 14.8 Å². The van der Waals surface area contributed by atoms with Gasteiger partial charge in [-0.3, -0.25) is 24.0 Å². The average molecular weight is 663 g/mol. The van der Waals surface area contributed by atoms with E-state index in [0.717, 1.165) is 6.20 Å². The fourth-order valence-corrected chi connectivity index (χ4v) is 5.84. The van der Waals surface area contributed by atoms with Crippen LogP contribution in [0.25, 0.3) is 16.9 Å². The van der Waals surface area contributed by atoms with E-state index in [4.69, 9.17) is 22.1 Å². The lowest BCUT2D eigenvalue weighted by atomic mass is 10.1. The molecule has 0 spiro atoms. The average Bonchev–Trinajstić information content (AvgIpc) is 3.77. The number of anilines is 2. The number of nitrogens with one attached hydrogen (secondary N) is 3. The van der Waals surface area contributed by atoms with E-state index in [1.165, 1.54) is 40.0 Å². The number of piperazine rings is 1. The summed E-state index contributed by atoms with van der Waals surface area (Å²) < 4.78 is 47.1. The minimum atomic E-state index is -4.65. The van der Waals surface area contributed by atoms with Crippen molar-refractivity contribution in [2.75, 3.05) is 38.0 Å². The highest BCUT2D eigenvalue weighted by Crippen LogP contribution is 2.36. The van der Waals surface area contributed by atoms with Gasteiger partial charge in [0, 0.05) is 44.3 Å². The highest BCUT2D eigenvalue weighted by molar-refractivity contribution is 6.34. The van der Waals surface area contributed by atoms with Crippen LogP contribution in [0.3, 0.4) is 0 Å². The van der Waals surface area contributed by atoms with E-state index in [9.17, 15) is 32.7 Å². The highest BCUT2D eigenvalue weighted by atomic mass is 35.5. The molecule has 3 aromatic heterocycles. The maximum atomic E-state index is 13.5. The molecule has 242 valence electrons. The quantitative estimate of drug-likeness (QED) is 0.146. The number of hydrogen-bond donors (Lipinski definition) is 5. The number of esters is 1. The molecule has 2 fully saturated rings. The molecule has 5 heterocycles. The Kier molecular flexibility index (Phi) is 8.28. The van der Waals surface area contributed by atoms with E-state index in [2.05, 4.69) is 25.7 Å². The van der Waals surface area contributed by atoms with Gasteiger partial charge in [0.1, 0.15) is 5.69 Å². The van der Waals surface area contributed by atoms with E-state index in [1.54, 1.807) is 11.0 Å². The van der Waals surface area contributed by atoms with E-state index < -0.39 is 48.0 Å². The molecule has 0 radical (unpaired) electrons. The van der Waals surface area contributed by atoms with Crippen LogP contribution in [-0.2, 0) is 20.5 Å². The van der Waals surface area contributed by atoms with Crippen LogP contribution in [0.15, 0.2) is 43.0 Å². The van der Waals surface area contributed by atoms with Crippen LogP contribution < -0.4 is 16.4 Å². The lowest BCUT2D eigenvalue weighted by Gasteiger charge is -2.43. The Morgan fingerprint density at radius 1 is 1.15 bits per heavy atom. The number of aromatic nitrogens is 5. The molecule has 15 nitrogen and oxygen atoms in total. The Hall–Kier alpha value is -4.78. The fraction of sp³-hybridized carbons (Fsp3) is 0.333. The van der Waals surface area contributed by atoms with Gasteiger partial charge in [-0.15, -0.1) is 0 Å². The first-order valence-corrected chi connectivity index (χ1v) is 14.2. The maximum absolute atomic E-state index is 13.5. The molecule has 6 rings (SSSR count). The number of primary amides is 1. The van der Waals surface area contributed by atoms with Gasteiger partial charge < -0.3 is 31.1 Å².